The summed E-state index contributed by atoms with van der Waals surface area (Å²) in [5.74, 6) is 0.342. The van der Waals surface area contributed by atoms with E-state index in [9.17, 15) is 4.79 Å². The Kier molecular flexibility index (Phi) is 1.52. The molecule has 0 amide bonds. The summed E-state index contributed by atoms with van der Waals surface area (Å²) in [5, 5.41) is 0. The van der Waals surface area contributed by atoms with E-state index in [1.54, 1.807) is 0 Å². The molecule has 1 rings (SSSR count). The van der Waals surface area contributed by atoms with Crippen LogP contribution in [0.15, 0.2) is 9.67 Å². The van der Waals surface area contributed by atoms with E-state index in [1.165, 1.54) is 3.59 Å². The van der Waals surface area contributed by atoms with Gasteiger partial charge in [0.1, 0.15) is 0 Å². The van der Waals surface area contributed by atoms with Gasteiger partial charge < -0.3 is 0 Å². The van der Waals surface area contributed by atoms with Crippen molar-refractivity contribution in [3.63, 3.8) is 0 Å². The Bertz CT molecular complexity index is 126. The molecule has 7 heavy (non-hydrogen) atoms. The van der Waals surface area contributed by atoms with Crippen LogP contribution in [0.4, 0.5) is 0 Å². The number of hydrogen-bond acceptors (Lipinski definition) is 1. The maximum atomic E-state index is 10.4. The molecule has 1 aliphatic carbocycles. The van der Waals surface area contributed by atoms with Crippen LogP contribution in [0.5, 0.6) is 0 Å². The van der Waals surface area contributed by atoms with Crippen LogP contribution in [0.3, 0.4) is 0 Å². The van der Waals surface area contributed by atoms with Gasteiger partial charge in [-0.1, -0.05) is 0 Å². The van der Waals surface area contributed by atoms with E-state index in [2.05, 4.69) is 0 Å². The molecule has 0 aromatic carbocycles. The predicted octanol–water partition coefficient (Wildman–Crippen LogP) is -0.401. The molecular weight excluding hydrogens is 195 g/mol. The Morgan fingerprint density at radius 2 is 2.29 bits per heavy atom. The Morgan fingerprint density at radius 1 is 1.57 bits per heavy atom. The summed E-state index contributed by atoms with van der Waals surface area (Å²) in [4.78, 5) is 10.4. The Labute approximate surface area is 55.9 Å². The van der Waals surface area contributed by atoms with E-state index in [0.717, 1.165) is 12.8 Å². The van der Waals surface area contributed by atoms with Gasteiger partial charge in [0.25, 0.3) is 0 Å². The minimum atomic E-state index is 0.342. The molecule has 0 bridgehead atoms. The molecule has 0 atom stereocenters. The van der Waals surface area contributed by atoms with Crippen molar-refractivity contribution in [2.24, 2.45) is 0 Å². The van der Waals surface area contributed by atoms with E-state index in [0.29, 0.717) is 28.3 Å². The van der Waals surface area contributed by atoms with Crippen LogP contribution in [-0.2, 0) is 4.79 Å². The van der Waals surface area contributed by atoms with Gasteiger partial charge in [-0.25, -0.2) is 0 Å². The average molecular weight is 203 g/mol. The third-order valence-electron chi connectivity index (χ3n) is 1.17. The first-order valence-corrected chi connectivity index (χ1v) is 5.34. The van der Waals surface area contributed by atoms with Gasteiger partial charge in [-0.05, 0) is 0 Å². The van der Waals surface area contributed by atoms with Crippen molar-refractivity contribution in [2.75, 3.05) is 0 Å². The van der Waals surface area contributed by atoms with Crippen molar-refractivity contribution in [3.8, 4) is 0 Å². The molecule has 0 aromatic heterocycles. The van der Waals surface area contributed by atoms with E-state index in [4.69, 9.17) is 0 Å². The van der Waals surface area contributed by atoms with Crippen molar-refractivity contribution < 1.29 is 4.79 Å². The van der Waals surface area contributed by atoms with Crippen LogP contribution in [0.25, 0.3) is 0 Å². The van der Waals surface area contributed by atoms with Gasteiger partial charge >= 0.3 is 55.6 Å². The second-order valence-electron chi connectivity index (χ2n) is 1.96. The fraction of sp³-hybridized carbons (Fsp3) is 0.400. The predicted molar refractivity (Wildman–Crippen MR) is 32.3 cm³/mol. The Hall–Kier alpha value is 0.209. The fourth-order valence-corrected chi connectivity index (χ4v) is 2.37. The van der Waals surface area contributed by atoms with Gasteiger partial charge in [0.2, 0.25) is 0 Å². The molecule has 0 unspecified atom stereocenters. The summed E-state index contributed by atoms with van der Waals surface area (Å²) < 4.78 is 1.44. The number of carbonyl (C=O) groups is 1. The van der Waals surface area contributed by atoms with Crippen molar-refractivity contribution in [2.45, 2.75) is 12.8 Å². The summed E-state index contributed by atoms with van der Waals surface area (Å²) in [7, 11) is 0. The van der Waals surface area contributed by atoms with Crippen LogP contribution < -0.4 is 0 Å². The van der Waals surface area contributed by atoms with E-state index in [-0.39, 0.29) is 0 Å². The van der Waals surface area contributed by atoms with Gasteiger partial charge in [0.05, 0.1) is 0 Å². The number of allylic oxidation sites excluding steroid dienone is 2. The molecule has 0 heterocycles. The quantitative estimate of drug-likeness (QED) is 0.489. The van der Waals surface area contributed by atoms with E-state index in [1.807, 2.05) is 6.08 Å². The van der Waals surface area contributed by atoms with Crippen LogP contribution in [0, 0.1) is 0 Å². The normalized spacial score (nSPS) is 20.6. The average Bonchev–Trinajstić information content (AvgIpc) is 1.87. The zero-order valence-electron chi connectivity index (χ0n) is 4.40. The number of carbonyl (C=O) groups excluding carboxylic acids is 1. The van der Waals surface area contributed by atoms with Crippen molar-refractivity contribution in [3.05, 3.63) is 9.67 Å². The topological polar surface area (TPSA) is 17.1 Å². The standard InChI is InChI=1S/C5H5O.Sn.3H/c6-5-3-1-2-4-5;;;;/h4H,1,3H2;;;;. The second kappa shape index (κ2) is 1.99. The molecule has 1 aliphatic rings. The summed E-state index contributed by atoms with van der Waals surface area (Å²) in [5.41, 5.74) is 0. The molecule has 0 spiro atoms. The minimum absolute atomic E-state index is 0.342. The summed E-state index contributed by atoms with van der Waals surface area (Å²) in [6, 6.07) is 0. The Balaban J connectivity index is 2.67. The SMILES string of the molecule is O=C1C=[C]([SnH3])CC1. The van der Waals surface area contributed by atoms with Gasteiger partial charge in [-0.15, -0.1) is 0 Å². The summed E-state index contributed by atoms with van der Waals surface area (Å²) >= 11 is 0.616. The van der Waals surface area contributed by atoms with Crippen molar-refractivity contribution >= 4 is 28.3 Å². The van der Waals surface area contributed by atoms with Crippen molar-refractivity contribution in [1.29, 1.82) is 0 Å². The van der Waals surface area contributed by atoms with Crippen LogP contribution in [0.2, 0.25) is 0 Å². The first-order valence-electron chi connectivity index (χ1n) is 2.49. The van der Waals surface area contributed by atoms with Crippen LogP contribution in [0.1, 0.15) is 12.8 Å². The summed E-state index contributed by atoms with van der Waals surface area (Å²) in [6.45, 7) is 0. The van der Waals surface area contributed by atoms with Gasteiger partial charge in [-0.2, -0.15) is 0 Å². The molecule has 0 N–H and O–H groups in total. The molecule has 0 aliphatic heterocycles. The molecule has 38 valence electrons. The molecule has 2 heteroatoms. The Morgan fingerprint density at radius 3 is 2.43 bits per heavy atom. The monoisotopic (exact) mass is 204 g/mol. The first kappa shape index (κ1) is 5.35. The van der Waals surface area contributed by atoms with Gasteiger partial charge in [0, 0.05) is 0 Å². The molecule has 0 radical (unpaired) electrons. The van der Waals surface area contributed by atoms with Gasteiger partial charge in [-0.3, -0.25) is 0 Å². The fourth-order valence-electron chi connectivity index (χ4n) is 0.740. The first-order chi connectivity index (χ1) is 3.29. The molecule has 0 aromatic rings. The second-order valence-corrected chi connectivity index (χ2v) is 5.62. The molecule has 0 fully saturated rings. The third-order valence-corrected chi connectivity index (χ3v) is 3.42. The number of hydrogen-bond donors (Lipinski definition) is 0. The molecule has 0 saturated carbocycles. The van der Waals surface area contributed by atoms with Crippen LogP contribution in [-0.4, -0.2) is 28.3 Å². The third kappa shape index (κ3) is 1.30. The van der Waals surface area contributed by atoms with E-state index < -0.39 is 0 Å². The van der Waals surface area contributed by atoms with Crippen LogP contribution >= 0.6 is 0 Å². The zero-order valence-corrected chi connectivity index (χ0v) is 10.1. The van der Waals surface area contributed by atoms with E-state index >= 15 is 0 Å². The number of ketones is 1. The zero-order chi connectivity index (χ0) is 5.28. The molecule has 0 saturated heterocycles. The van der Waals surface area contributed by atoms with Gasteiger partial charge in [0.15, 0.2) is 0 Å². The summed E-state index contributed by atoms with van der Waals surface area (Å²) in [6.07, 6.45) is 3.69. The molecule has 1 nitrogen and oxygen atoms in total. The molecular formula is C5H8OSn. The maximum absolute atomic E-state index is 10.4. The van der Waals surface area contributed by atoms with Crippen molar-refractivity contribution in [1.82, 2.24) is 0 Å². The number of rotatable bonds is 0.